The summed E-state index contributed by atoms with van der Waals surface area (Å²) in [4.78, 5) is 30.3. The number of urea groups is 1. The summed E-state index contributed by atoms with van der Waals surface area (Å²) in [6.45, 7) is 8.27. The Hall–Kier alpha value is -2.94. The SMILES string of the molecule is Cc1cc(N2CCN(C)CC2)nc(N2CCN(C(=O)Nc3ccccc3F)CC2)n1. The Morgan fingerprint density at radius 3 is 2.33 bits per heavy atom. The standard InChI is InChI=1S/C21H28FN7O/c1-16-15-19(27-9-7-26(2)8-10-27)25-20(23-16)28-11-13-29(14-12-28)21(30)24-18-6-4-3-5-17(18)22/h3-6,15H,7-14H2,1-2H3,(H,24,30). The van der Waals surface area contributed by atoms with Gasteiger partial charge in [0.1, 0.15) is 11.6 Å². The highest BCUT2D eigenvalue weighted by Crippen LogP contribution is 2.20. The monoisotopic (exact) mass is 413 g/mol. The molecule has 0 unspecified atom stereocenters. The summed E-state index contributed by atoms with van der Waals surface area (Å²) in [5, 5.41) is 2.65. The van der Waals surface area contributed by atoms with Crippen molar-refractivity contribution in [1.29, 1.82) is 0 Å². The zero-order valence-electron chi connectivity index (χ0n) is 17.5. The van der Waals surface area contributed by atoms with Crippen LogP contribution in [0.15, 0.2) is 30.3 Å². The predicted octanol–water partition coefficient (Wildman–Crippen LogP) is 2.03. The Bertz CT molecular complexity index is 893. The van der Waals surface area contributed by atoms with Gasteiger partial charge in [-0.1, -0.05) is 12.1 Å². The number of anilines is 3. The molecule has 1 aromatic heterocycles. The summed E-state index contributed by atoms with van der Waals surface area (Å²) in [5.41, 5.74) is 1.14. The number of aryl methyl sites for hydroxylation is 1. The number of benzene rings is 1. The highest BCUT2D eigenvalue weighted by molar-refractivity contribution is 5.89. The summed E-state index contributed by atoms with van der Waals surface area (Å²) >= 11 is 0. The molecule has 3 heterocycles. The fourth-order valence-electron chi connectivity index (χ4n) is 3.74. The average molecular weight is 414 g/mol. The highest BCUT2D eigenvalue weighted by atomic mass is 19.1. The van der Waals surface area contributed by atoms with E-state index in [4.69, 9.17) is 4.98 Å². The zero-order valence-corrected chi connectivity index (χ0v) is 17.5. The number of nitrogens with one attached hydrogen (secondary N) is 1. The summed E-state index contributed by atoms with van der Waals surface area (Å²) in [6.07, 6.45) is 0. The molecular formula is C21H28FN7O. The first-order valence-corrected chi connectivity index (χ1v) is 10.3. The van der Waals surface area contributed by atoms with E-state index in [0.29, 0.717) is 32.1 Å². The van der Waals surface area contributed by atoms with Crippen molar-refractivity contribution in [2.45, 2.75) is 6.92 Å². The fourth-order valence-corrected chi connectivity index (χ4v) is 3.74. The molecule has 2 aliphatic rings. The third-order valence-electron chi connectivity index (χ3n) is 5.62. The van der Waals surface area contributed by atoms with E-state index in [9.17, 15) is 9.18 Å². The second kappa shape index (κ2) is 8.83. The minimum Gasteiger partial charge on any atom is -0.354 e. The van der Waals surface area contributed by atoms with Gasteiger partial charge in [-0.3, -0.25) is 0 Å². The van der Waals surface area contributed by atoms with Gasteiger partial charge >= 0.3 is 6.03 Å². The van der Waals surface area contributed by atoms with Crippen LogP contribution >= 0.6 is 0 Å². The normalized spacial score (nSPS) is 17.9. The molecule has 0 radical (unpaired) electrons. The zero-order chi connectivity index (χ0) is 21.1. The number of piperazine rings is 2. The molecule has 0 atom stereocenters. The van der Waals surface area contributed by atoms with Crippen molar-refractivity contribution in [3.8, 4) is 0 Å². The third kappa shape index (κ3) is 4.62. The largest absolute Gasteiger partial charge is 0.354 e. The topological polar surface area (TPSA) is 67.8 Å². The van der Waals surface area contributed by atoms with Gasteiger partial charge < -0.3 is 24.9 Å². The van der Waals surface area contributed by atoms with Gasteiger partial charge in [-0.25, -0.2) is 14.2 Å². The number of aromatic nitrogens is 2. The molecular weight excluding hydrogens is 385 g/mol. The predicted molar refractivity (Wildman–Crippen MR) is 116 cm³/mol. The first kappa shape index (κ1) is 20.3. The lowest BCUT2D eigenvalue weighted by Gasteiger charge is -2.36. The summed E-state index contributed by atoms with van der Waals surface area (Å²) in [7, 11) is 2.13. The Balaban J connectivity index is 1.38. The van der Waals surface area contributed by atoms with Gasteiger partial charge in [-0.05, 0) is 26.1 Å². The minimum atomic E-state index is -0.436. The lowest BCUT2D eigenvalue weighted by Crippen LogP contribution is -2.50. The van der Waals surface area contributed by atoms with E-state index in [1.807, 2.05) is 13.0 Å². The average Bonchev–Trinajstić information content (AvgIpc) is 2.75. The first-order chi connectivity index (χ1) is 14.5. The van der Waals surface area contributed by atoms with Crippen molar-refractivity contribution in [3.63, 3.8) is 0 Å². The van der Waals surface area contributed by atoms with Crippen LogP contribution < -0.4 is 15.1 Å². The molecule has 0 bridgehead atoms. The number of hydrogen-bond acceptors (Lipinski definition) is 6. The lowest BCUT2D eigenvalue weighted by atomic mass is 10.3. The number of carbonyl (C=O) groups excluding carboxylic acids is 1. The maximum atomic E-state index is 13.8. The summed E-state index contributed by atoms with van der Waals surface area (Å²) in [6, 6.07) is 7.94. The van der Waals surface area contributed by atoms with Crippen LogP contribution in [0.4, 0.5) is 26.6 Å². The van der Waals surface area contributed by atoms with E-state index in [-0.39, 0.29) is 11.7 Å². The van der Waals surface area contributed by atoms with Crippen LogP contribution in [0.25, 0.3) is 0 Å². The van der Waals surface area contributed by atoms with E-state index in [1.165, 1.54) is 6.07 Å². The number of nitrogens with zero attached hydrogens (tertiary/aromatic N) is 6. The van der Waals surface area contributed by atoms with Crippen molar-refractivity contribution in [3.05, 3.63) is 41.8 Å². The van der Waals surface area contributed by atoms with Crippen LogP contribution in [0.1, 0.15) is 5.69 Å². The molecule has 1 aromatic carbocycles. The molecule has 2 amide bonds. The Morgan fingerprint density at radius 1 is 0.967 bits per heavy atom. The first-order valence-electron chi connectivity index (χ1n) is 10.3. The molecule has 1 N–H and O–H groups in total. The van der Waals surface area contributed by atoms with Gasteiger partial charge in [0.15, 0.2) is 0 Å². The number of carbonyl (C=O) groups is 1. The molecule has 2 aliphatic heterocycles. The van der Waals surface area contributed by atoms with Crippen molar-refractivity contribution in [1.82, 2.24) is 19.8 Å². The van der Waals surface area contributed by atoms with Crippen LogP contribution in [0, 0.1) is 12.7 Å². The molecule has 0 spiro atoms. The fraction of sp³-hybridized carbons (Fsp3) is 0.476. The Morgan fingerprint density at radius 2 is 1.63 bits per heavy atom. The van der Waals surface area contributed by atoms with Crippen molar-refractivity contribution >= 4 is 23.5 Å². The highest BCUT2D eigenvalue weighted by Gasteiger charge is 2.24. The van der Waals surface area contributed by atoms with E-state index < -0.39 is 5.82 Å². The second-order valence-corrected chi connectivity index (χ2v) is 7.84. The van der Waals surface area contributed by atoms with Crippen molar-refractivity contribution in [2.75, 3.05) is 74.5 Å². The Labute approximate surface area is 176 Å². The lowest BCUT2D eigenvalue weighted by molar-refractivity contribution is 0.208. The summed E-state index contributed by atoms with van der Waals surface area (Å²) in [5.74, 6) is 1.23. The van der Waals surface area contributed by atoms with Gasteiger partial charge in [0.2, 0.25) is 5.95 Å². The molecule has 4 rings (SSSR count). The van der Waals surface area contributed by atoms with E-state index in [1.54, 1.807) is 23.1 Å². The van der Waals surface area contributed by atoms with Crippen LogP contribution in [0.2, 0.25) is 0 Å². The van der Waals surface area contributed by atoms with Gasteiger partial charge in [0.25, 0.3) is 0 Å². The van der Waals surface area contributed by atoms with Crippen LogP contribution in [0.3, 0.4) is 0 Å². The smallest absolute Gasteiger partial charge is 0.322 e. The van der Waals surface area contributed by atoms with Crippen molar-refractivity contribution in [2.24, 2.45) is 0 Å². The maximum Gasteiger partial charge on any atom is 0.322 e. The maximum absolute atomic E-state index is 13.8. The molecule has 160 valence electrons. The van der Waals surface area contributed by atoms with Crippen LogP contribution in [0.5, 0.6) is 0 Å². The quantitative estimate of drug-likeness (QED) is 0.831. The van der Waals surface area contributed by atoms with Crippen LogP contribution in [-0.2, 0) is 0 Å². The number of rotatable bonds is 3. The number of hydrogen-bond donors (Lipinski definition) is 1. The van der Waals surface area contributed by atoms with Crippen LogP contribution in [-0.4, -0.2) is 85.2 Å². The number of para-hydroxylation sites is 1. The van der Waals surface area contributed by atoms with Gasteiger partial charge in [-0.15, -0.1) is 0 Å². The number of amides is 2. The molecule has 0 aliphatic carbocycles. The molecule has 9 heteroatoms. The Kier molecular flexibility index (Phi) is 5.98. The second-order valence-electron chi connectivity index (χ2n) is 7.84. The molecule has 2 saturated heterocycles. The third-order valence-corrected chi connectivity index (χ3v) is 5.62. The van der Waals surface area contributed by atoms with Gasteiger partial charge in [-0.2, -0.15) is 4.98 Å². The number of likely N-dealkylation sites (N-methyl/N-ethyl adjacent to an activating group) is 1. The molecule has 8 nitrogen and oxygen atoms in total. The van der Waals surface area contributed by atoms with E-state index in [2.05, 4.69) is 32.0 Å². The van der Waals surface area contributed by atoms with Crippen molar-refractivity contribution < 1.29 is 9.18 Å². The molecule has 2 aromatic rings. The molecule has 2 fully saturated rings. The van der Waals surface area contributed by atoms with Gasteiger partial charge in [0.05, 0.1) is 5.69 Å². The van der Waals surface area contributed by atoms with E-state index in [0.717, 1.165) is 37.7 Å². The van der Waals surface area contributed by atoms with E-state index >= 15 is 0 Å². The number of halogens is 1. The summed E-state index contributed by atoms with van der Waals surface area (Å²) < 4.78 is 13.8. The molecule has 0 saturated carbocycles. The van der Waals surface area contributed by atoms with Gasteiger partial charge in [0, 0.05) is 64.1 Å². The molecule has 30 heavy (non-hydrogen) atoms. The minimum absolute atomic E-state index is 0.198.